The molecule has 1 fully saturated rings. The lowest BCUT2D eigenvalue weighted by molar-refractivity contribution is -0.117. The summed E-state index contributed by atoms with van der Waals surface area (Å²) >= 11 is 0. The molecule has 1 aromatic rings. The molecule has 0 aliphatic carbocycles. The van der Waals surface area contributed by atoms with Gasteiger partial charge in [0.25, 0.3) is 0 Å². The molecule has 4 nitrogen and oxygen atoms in total. The molecule has 2 rings (SSSR count). The zero-order chi connectivity index (χ0) is 12.8. The number of anilines is 1. The summed E-state index contributed by atoms with van der Waals surface area (Å²) in [7, 11) is 0. The lowest BCUT2D eigenvalue weighted by atomic mass is 10.1. The summed E-state index contributed by atoms with van der Waals surface area (Å²) in [6.45, 7) is 2.32. The molecular weight excluding hydrogens is 264 g/mol. The molecule has 1 saturated heterocycles. The number of nitrogens with zero attached hydrogens (tertiary/aromatic N) is 1. The van der Waals surface area contributed by atoms with E-state index in [1.54, 1.807) is 24.3 Å². The summed E-state index contributed by atoms with van der Waals surface area (Å²) in [6.07, 6.45) is 3.55. The van der Waals surface area contributed by atoms with E-state index in [-0.39, 0.29) is 23.7 Å². The van der Waals surface area contributed by atoms with Crippen molar-refractivity contribution in [2.24, 2.45) is 0 Å². The molecule has 1 aliphatic rings. The summed E-state index contributed by atoms with van der Waals surface area (Å²) in [5.74, 6) is -0.111. The number of likely N-dealkylation sites (tertiary alicyclic amines) is 1. The quantitative estimate of drug-likeness (QED) is 0.921. The normalized spacial score (nSPS) is 15.4. The summed E-state index contributed by atoms with van der Waals surface area (Å²) in [6, 6.07) is 8.27. The maximum Gasteiger partial charge on any atom is 0.238 e. The number of rotatable bonds is 3. The van der Waals surface area contributed by atoms with Crippen LogP contribution in [0.15, 0.2) is 35.1 Å². The molecule has 0 saturated carbocycles. The van der Waals surface area contributed by atoms with Crippen LogP contribution in [0.25, 0.3) is 0 Å². The predicted molar refractivity (Wildman–Crippen MR) is 78.9 cm³/mol. The third-order valence-electron chi connectivity index (χ3n) is 3.09. The molecule has 5 heteroatoms. The summed E-state index contributed by atoms with van der Waals surface area (Å²) in [5, 5.41) is 2.68. The molecular formula is C14H19ClN2O2. The van der Waals surface area contributed by atoms with Crippen molar-refractivity contribution >= 4 is 24.0 Å². The van der Waals surface area contributed by atoms with E-state index in [2.05, 4.69) is 10.2 Å². The molecule has 0 unspecified atom stereocenters. The zero-order valence-corrected chi connectivity index (χ0v) is 11.6. The smallest absolute Gasteiger partial charge is 0.238 e. The van der Waals surface area contributed by atoms with Crippen LogP contribution in [0.1, 0.15) is 19.3 Å². The number of carbonyl (C=O) groups excluding carboxylic acids is 1. The number of piperidine rings is 1. The lowest BCUT2D eigenvalue weighted by Gasteiger charge is -2.25. The van der Waals surface area contributed by atoms with E-state index in [0.717, 1.165) is 25.9 Å². The highest BCUT2D eigenvalue weighted by Gasteiger charge is 2.14. The molecule has 1 aliphatic heterocycles. The summed E-state index contributed by atoms with van der Waals surface area (Å²) in [4.78, 5) is 25.6. The van der Waals surface area contributed by atoms with Crippen LogP contribution in [0.4, 0.5) is 5.69 Å². The third-order valence-corrected chi connectivity index (χ3v) is 3.09. The van der Waals surface area contributed by atoms with Gasteiger partial charge in [-0.15, -0.1) is 12.4 Å². The number of carbonyl (C=O) groups is 1. The van der Waals surface area contributed by atoms with Crippen LogP contribution in [0.3, 0.4) is 0 Å². The van der Waals surface area contributed by atoms with Crippen molar-refractivity contribution in [3.8, 4) is 0 Å². The van der Waals surface area contributed by atoms with Gasteiger partial charge in [-0.25, -0.2) is 0 Å². The van der Waals surface area contributed by atoms with E-state index in [0.29, 0.717) is 12.2 Å². The third kappa shape index (κ3) is 5.01. The van der Waals surface area contributed by atoms with Crippen molar-refractivity contribution in [2.75, 3.05) is 25.0 Å². The van der Waals surface area contributed by atoms with Gasteiger partial charge in [-0.1, -0.05) is 24.6 Å². The molecule has 0 radical (unpaired) electrons. The first-order chi connectivity index (χ1) is 8.75. The highest BCUT2D eigenvalue weighted by molar-refractivity contribution is 5.92. The van der Waals surface area contributed by atoms with Crippen LogP contribution >= 0.6 is 12.4 Å². The minimum atomic E-state index is -0.160. The molecule has 1 amide bonds. The number of amides is 1. The number of halogens is 1. The van der Waals surface area contributed by atoms with Crippen molar-refractivity contribution < 1.29 is 4.79 Å². The Balaban J connectivity index is 0.00000180. The van der Waals surface area contributed by atoms with Crippen LogP contribution < -0.4 is 10.7 Å². The van der Waals surface area contributed by atoms with Gasteiger partial charge in [0.15, 0.2) is 0 Å². The monoisotopic (exact) mass is 282 g/mol. The average molecular weight is 283 g/mol. The van der Waals surface area contributed by atoms with Gasteiger partial charge in [-0.05, 0) is 38.1 Å². The van der Waals surface area contributed by atoms with E-state index in [1.165, 1.54) is 12.5 Å². The molecule has 19 heavy (non-hydrogen) atoms. The fourth-order valence-electron chi connectivity index (χ4n) is 2.14. The predicted octanol–water partition coefficient (Wildman–Crippen LogP) is 1.89. The second-order valence-electron chi connectivity index (χ2n) is 4.57. The maximum atomic E-state index is 11.8. The largest absolute Gasteiger partial charge is 0.322 e. The van der Waals surface area contributed by atoms with Gasteiger partial charge in [0.05, 0.1) is 12.2 Å². The van der Waals surface area contributed by atoms with E-state index in [4.69, 9.17) is 0 Å². The Hall–Kier alpha value is -1.39. The van der Waals surface area contributed by atoms with Crippen molar-refractivity contribution in [2.45, 2.75) is 19.3 Å². The Kier molecular flexibility index (Phi) is 6.53. The van der Waals surface area contributed by atoms with Crippen LogP contribution in [0.5, 0.6) is 0 Å². The van der Waals surface area contributed by atoms with E-state index in [1.807, 2.05) is 0 Å². The molecule has 104 valence electrons. The van der Waals surface area contributed by atoms with Crippen LogP contribution in [-0.4, -0.2) is 30.4 Å². The lowest BCUT2D eigenvalue weighted by Crippen LogP contribution is -2.37. The Morgan fingerprint density at radius 2 is 1.79 bits per heavy atom. The topological polar surface area (TPSA) is 49.4 Å². The van der Waals surface area contributed by atoms with Gasteiger partial charge in [-0.3, -0.25) is 14.5 Å². The fraction of sp³-hybridized carbons (Fsp3) is 0.429. The molecule has 0 bridgehead atoms. The Morgan fingerprint density at radius 1 is 1.11 bits per heavy atom. The Bertz CT molecular complexity index is 473. The van der Waals surface area contributed by atoms with E-state index in [9.17, 15) is 9.59 Å². The summed E-state index contributed by atoms with van der Waals surface area (Å²) < 4.78 is 0. The molecule has 1 N–H and O–H groups in total. The van der Waals surface area contributed by atoms with Crippen LogP contribution in [0, 0.1) is 0 Å². The Morgan fingerprint density at radius 3 is 2.53 bits per heavy atom. The van der Waals surface area contributed by atoms with Gasteiger partial charge in [0, 0.05) is 0 Å². The van der Waals surface area contributed by atoms with Crippen molar-refractivity contribution in [3.63, 3.8) is 0 Å². The number of hydrogen-bond acceptors (Lipinski definition) is 3. The Labute approximate surface area is 119 Å². The fourth-order valence-corrected chi connectivity index (χ4v) is 2.14. The van der Waals surface area contributed by atoms with E-state index >= 15 is 0 Å². The maximum absolute atomic E-state index is 11.8. The van der Waals surface area contributed by atoms with Gasteiger partial charge in [0.1, 0.15) is 0 Å². The second-order valence-corrected chi connectivity index (χ2v) is 4.57. The van der Waals surface area contributed by atoms with Crippen LogP contribution in [-0.2, 0) is 4.79 Å². The van der Waals surface area contributed by atoms with Gasteiger partial charge in [-0.2, -0.15) is 0 Å². The molecule has 0 spiro atoms. The van der Waals surface area contributed by atoms with Crippen molar-refractivity contribution in [1.29, 1.82) is 0 Å². The van der Waals surface area contributed by atoms with Crippen LogP contribution in [0.2, 0.25) is 0 Å². The summed E-state index contributed by atoms with van der Waals surface area (Å²) in [5.41, 5.74) is 0.189. The first-order valence-electron chi connectivity index (χ1n) is 6.37. The average Bonchev–Trinajstić information content (AvgIpc) is 2.56. The number of nitrogens with one attached hydrogen (secondary N) is 1. The molecule has 0 atom stereocenters. The van der Waals surface area contributed by atoms with Crippen molar-refractivity contribution in [1.82, 2.24) is 4.90 Å². The molecule has 1 heterocycles. The van der Waals surface area contributed by atoms with Gasteiger partial charge < -0.3 is 5.32 Å². The van der Waals surface area contributed by atoms with Gasteiger partial charge >= 0.3 is 0 Å². The highest BCUT2D eigenvalue weighted by Crippen LogP contribution is 2.08. The minimum absolute atomic E-state index is 0. The molecule has 0 aromatic heterocycles. The van der Waals surface area contributed by atoms with Gasteiger partial charge in [0.2, 0.25) is 11.3 Å². The first-order valence-corrected chi connectivity index (χ1v) is 6.37. The number of hydrogen-bond donors (Lipinski definition) is 1. The van der Waals surface area contributed by atoms with E-state index < -0.39 is 0 Å². The standard InChI is InChI=1S/C14H18N2O2.ClH/c17-13-8-4-1-3-7-12(13)15-14(18)11-16-9-5-2-6-10-16;/h1,3-4,7-8H,2,5-6,9-11H2,(H,15,17,18);1H. The second kappa shape index (κ2) is 7.92. The minimum Gasteiger partial charge on any atom is -0.322 e. The highest BCUT2D eigenvalue weighted by atomic mass is 35.5. The first kappa shape index (κ1) is 15.7. The zero-order valence-electron chi connectivity index (χ0n) is 10.8. The SMILES string of the molecule is Cl.O=C(CN1CCCCC1)Nc1cccccc1=O. The van der Waals surface area contributed by atoms with Crippen molar-refractivity contribution in [3.05, 3.63) is 40.6 Å². The molecule has 1 aromatic carbocycles.